The largest absolute Gasteiger partial charge is 0.475 e. The van der Waals surface area contributed by atoms with Crippen LogP contribution >= 0.6 is 23.4 Å². The third-order valence-corrected chi connectivity index (χ3v) is 7.47. The number of nitrogens with one attached hydrogen (secondary N) is 1. The molecule has 0 amide bonds. The number of halogens is 1. The Balaban J connectivity index is 1.39. The zero-order chi connectivity index (χ0) is 23.0. The molecule has 1 unspecified atom stereocenters. The van der Waals surface area contributed by atoms with Crippen LogP contribution in [-0.4, -0.2) is 44.3 Å². The SMILES string of the molecule is CS(C)(=O)=Nc1ccc(-c2ccc(-c3nc4cc(OC5CCSC5)[nH]c4cc3Cl)cc2)cc1. The second kappa shape index (κ2) is 9.05. The Kier molecular flexibility index (Phi) is 6.12. The summed E-state index contributed by atoms with van der Waals surface area (Å²) < 4.78 is 22.2. The average molecular weight is 498 g/mol. The fraction of sp³-hybridized carbons (Fsp3) is 0.240. The summed E-state index contributed by atoms with van der Waals surface area (Å²) in [7, 11) is -2.17. The fourth-order valence-corrected chi connectivity index (χ4v) is 5.83. The van der Waals surface area contributed by atoms with E-state index in [0.29, 0.717) is 5.02 Å². The van der Waals surface area contributed by atoms with Crippen molar-refractivity contribution in [2.24, 2.45) is 4.36 Å². The lowest BCUT2D eigenvalue weighted by atomic mass is 10.0. The molecular weight excluding hydrogens is 474 g/mol. The van der Waals surface area contributed by atoms with E-state index in [0.717, 1.165) is 62.9 Å². The smallest absolute Gasteiger partial charge is 0.193 e. The van der Waals surface area contributed by atoms with Crippen LogP contribution < -0.4 is 4.74 Å². The number of fused-ring (bicyclic) bond motifs is 1. The first-order valence-corrected chi connectivity index (χ1v) is 14.5. The third-order valence-electron chi connectivity index (χ3n) is 5.40. The second-order valence-corrected chi connectivity index (χ2v) is 12.5. The van der Waals surface area contributed by atoms with Gasteiger partial charge >= 0.3 is 0 Å². The highest BCUT2D eigenvalue weighted by atomic mass is 35.5. The molecule has 5 nitrogen and oxygen atoms in total. The van der Waals surface area contributed by atoms with Gasteiger partial charge in [-0.2, -0.15) is 16.1 Å². The van der Waals surface area contributed by atoms with Crippen LogP contribution in [0.3, 0.4) is 0 Å². The normalized spacial score (nSPS) is 16.3. The lowest BCUT2D eigenvalue weighted by Crippen LogP contribution is -2.14. The topological polar surface area (TPSA) is 67.3 Å². The van der Waals surface area contributed by atoms with Gasteiger partial charge in [0.2, 0.25) is 0 Å². The summed E-state index contributed by atoms with van der Waals surface area (Å²) >= 11 is 8.50. The van der Waals surface area contributed by atoms with E-state index in [4.69, 9.17) is 21.3 Å². The van der Waals surface area contributed by atoms with Crippen molar-refractivity contribution >= 4 is 49.8 Å². The molecule has 0 spiro atoms. The molecule has 0 radical (unpaired) electrons. The van der Waals surface area contributed by atoms with E-state index in [1.165, 1.54) is 0 Å². The van der Waals surface area contributed by atoms with Crippen LogP contribution in [0.4, 0.5) is 5.69 Å². The van der Waals surface area contributed by atoms with Crippen LogP contribution in [0.1, 0.15) is 6.42 Å². The van der Waals surface area contributed by atoms with Gasteiger partial charge in [-0.3, -0.25) is 0 Å². The Morgan fingerprint density at radius 1 is 1.06 bits per heavy atom. The number of benzene rings is 2. The van der Waals surface area contributed by atoms with Gasteiger partial charge in [0.15, 0.2) is 5.88 Å². The molecule has 2 aromatic carbocycles. The van der Waals surface area contributed by atoms with E-state index < -0.39 is 9.73 Å². The fourth-order valence-electron chi connectivity index (χ4n) is 3.85. The van der Waals surface area contributed by atoms with Gasteiger partial charge in [0.25, 0.3) is 0 Å². The molecule has 1 aliphatic heterocycles. The predicted octanol–water partition coefficient (Wildman–Crippen LogP) is 6.79. The Hall–Kier alpha value is -2.48. The van der Waals surface area contributed by atoms with Gasteiger partial charge in [-0.15, -0.1) is 0 Å². The summed E-state index contributed by atoms with van der Waals surface area (Å²) in [6.07, 6.45) is 4.58. The van der Waals surface area contributed by atoms with Crippen LogP contribution in [0.5, 0.6) is 5.88 Å². The maximum Gasteiger partial charge on any atom is 0.193 e. The number of hydrogen-bond donors (Lipinski definition) is 1. The van der Waals surface area contributed by atoms with Gasteiger partial charge in [0.1, 0.15) is 6.10 Å². The molecule has 3 heterocycles. The molecule has 8 heteroatoms. The van der Waals surface area contributed by atoms with E-state index >= 15 is 0 Å². The first kappa shape index (κ1) is 22.3. The van der Waals surface area contributed by atoms with Crippen LogP contribution in [0.2, 0.25) is 5.02 Å². The molecule has 4 aromatic rings. The molecule has 170 valence electrons. The second-order valence-electron chi connectivity index (χ2n) is 8.39. The monoisotopic (exact) mass is 497 g/mol. The van der Waals surface area contributed by atoms with Crippen molar-refractivity contribution in [2.75, 3.05) is 24.0 Å². The Bertz CT molecular complexity index is 1410. The van der Waals surface area contributed by atoms with Crippen molar-refractivity contribution in [3.63, 3.8) is 0 Å². The highest BCUT2D eigenvalue weighted by Crippen LogP contribution is 2.33. The molecular formula is C25H24ClN3O2S2. The zero-order valence-electron chi connectivity index (χ0n) is 18.4. The van der Waals surface area contributed by atoms with E-state index in [9.17, 15) is 4.21 Å². The van der Waals surface area contributed by atoms with Crippen molar-refractivity contribution < 1.29 is 8.95 Å². The van der Waals surface area contributed by atoms with Crippen LogP contribution in [-0.2, 0) is 9.73 Å². The van der Waals surface area contributed by atoms with Crippen molar-refractivity contribution in [1.29, 1.82) is 0 Å². The maximum atomic E-state index is 11.9. The van der Waals surface area contributed by atoms with Gasteiger partial charge in [0, 0.05) is 39.6 Å². The van der Waals surface area contributed by atoms with Crippen LogP contribution in [0.15, 0.2) is 65.0 Å². The molecule has 2 aromatic heterocycles. The summed E-state index contributed by atoms with van der Waals surface area (Å²) in [5.74, 6) is 2.91. The molecule has 1 N–H and O–H groups in total. The first-order chi connectivity index (χ1) is 15.8. The molecule has 33 heavy (non-hydrogen) atoms. The van der Waals surface area contributed by atoms with Gasteiger partial charge < -0.3 is 9.72 Å². The number of H-pyrrole nitrogens is 1. The Labute approximate surface area is 203 Å². The van der Waals surface area contributed by atoms with E-state index in [1.54, 1.807) is 12.5 Å². The lowest BCUT2D eigenvalue weighted by molar-refractivity contribution is 0.222. The summed E-state index contributed by atoms with van der Waals surface area (Å²) in [5.41, 5.74) is 6.25. The van der Waals surface area contributed by atoms with Crippen molar-refractivity contribution in [2.45, 2.75) is 12.5 Å². The summed E-state index contributed by atoms with van der Waals surface area (Å²) in [4.78, 5) is 8.09. The van der Waals surface area contributed by atoms with E-state index in [2.05, 4.69) is 21.5 Å². The van der Waals surface area contributed by atoms with Gasteiger partial charge in [-0.05, 0) is 41.5 Å². The van der Waals surface area contributed by atoms with E-state index in [-0.39, 0.29) is 6.10 Å². The van der Waals surface area contributed by atoms with Crippen LogP contribution in [0.25, 0.3) is 33.4 Å². The maximum absolute atomic E-state index is 11.9. The highest BCUT2D eigenvalue weighted by Gasteiger charge is 2.18. The third kappa shape index (κ3) is 5.21. The summed E-state index contributed by atoms with van der Waals surface area (Å²) in [6.45, 7) is 0. The molecule has 0 bridgehead atoms. The standard InChI is InChI=1S/C25H24ClN3O2S2/c1-33(2,30)29-19-9-7-17(8-10-19)16-3-5-18(6-4-16)25-21(26)13-22-23(28-25)14-24(27-22)31-20-11-12-32-15-20/h3-10,13-14,20,27H,11-12,15H2,1-2H3. The molecule has 1 fully saturated rings. The predicted molar refractivity (Wildman–Crippen MR) is 140 cm³/mol. The highest BCUT2D eigenvalue weighted by molar-refractivity contribution is 7.99. The van der Waals surface area contributed by atoms with Gasteiger partial charge in [0.05, 0.1) is 27.4 Å². The number of thioether (sulfide) groups is 1. The zero-order valence-corrected chi connectivity index (χ0v) is 20.8. The molecule has 0 aliphatic carbocycles. The number of pyridine rings is 1. The molecule has 1 saturated heterocycles. The van der Waals surface area contributed by atoms with Crippen molar-refractivity contribution in [3.8, 4) is 28.3 Å². The number of ether oxygens (including phenoxy) is 1. The quantitative estimate of drug-likeness (QED) is 0.329. The number of rotatable bonds is 5. The Morgan fingerprint density at radius 2 is 1.73 bits per heavy atom. The number of aromatic nitrogens is 2. The van der Waals surface area contributed by atoms with Crippen molar-refractivity contribution in [1.82, 2.24) is 9.97 Å². The average Bonchev–Trinajstić information content (AvgIpc) is 3.42. The molecule has 1 atom stereocenters. The lowest BCUT2D eigenvalue weighted by Gasteiger charge is -2.09. The minimum atomic E-state index is -2.17. The van der Waals surface area contributed by atoms with Gasteiger partial charge in [-0.1, -0.05) is 48.0 Å². The summed E-state index contributed by atoms with van der Waals surface area (Å²) in [6, 6.07) is 19.8. The number of nitrogens with zero attached hydrogens (tertiary/aromatic N) is 2. The first-order valence-electron chi connectivity index (χ1n) is 10.7. The van der Waals surface area contributed by atoms with Crippen molar-refractivity contribution in [3.05, 3.63) is 65.7 Å². The van der Waals surface area contributed by atoms with Crippen LogP contribution in [0, 0.1) is 0 Å². The van der Waals surface area contributed by atoms with Gasteiger partial charge in [-0.25, -0.2) is 9.19 Å². The summed E-state index contributed by atoms with van der Waals surface area (Å²) in [5, 5.41) is 0.591. The Morgan fingerprint density at radius 3 is 2.36 bits per heavy atom. The molecule has 0 saturated carbocycles. The molecule has 5 rings (SSSR count). The minimum absolute atomic E-state index is 0.251. The minimum Gasteiger partial charge on any atom is -0.475 e. The number of aromatic amines is 1. The molecule has 1 aliphatic rings. The number of hydrogen-bond acceptors (Lipinski definition) is 5. The van der Waals surface area contributed by atoms with E-state index in [1.807, 2.05) is 60.3 Å².